The largest absolute Gasteiger partial charge is 0.347 e. The lowest BCUT2D eigenvalue weighted by Crippen LogP contribution is -2.52. The van der Waals surface area contributed by atoms with Crippen LogP contribution in [-0.4, -0.2) is 58.5 Å². The van der Waals surface area contributed by atoms with Gasteiger partial charge in [-0.3, -0.25) is 9.36 Å². The third-order valence-electron chi connectivity index (χ3n) is 6.35. The summed E-state index contributed by atoms with van der Waals surface area (Å²) in [7, 11) is 2.21. The normalized spacial score (nSPS) is 22.3. The number of benzene rings is 1. The van der Waals surface area contributed by atoms with Crippen LogP contribution < -0.4 is 5.69 Å². The fourth-order valence-electron chi connectivity index (χ4n) is 4.96. The predicted molar refractivity (Wildman–Crippen MR) is 108 cm³/mol. The number of nitrogens with zero attached hydrogens (tertiary/aromatic N) is 4. The lowest BCUT2D eigenvalue weighted by atomic mass is 9.68. The second-order valence-corrected chi connectivity index (χ2v) is 8.42. The van der Waals surface area contributed by atoms with E-state index in [1.54, 1.807) is 12.3 Å². The van der Waals surface area contributed by atoms with Crippen molar-refractivity contribution in [2.45, 2.75) is 31.7 Å². The minimum Gasteiger partial charge on any atom is -0.341 e. The Hall–Kier alpha value is -2.47. The highest BCUT2D eigenvalue weighted by molar-refractivity contribution is 5.76. The van der Waals surface area contributed by atoms with E-state index >= 15 is 0 Å². The lowest BCUT2D eigenvalue weighted by Gasteiger charge is -2.49. The average Bonchev–Trinajstić information content (AvgIpc) is 2.70. The highest BCUT2D eigenvalue weighted by atomic mass is 16.2. The Labute approximate surface area is 165 Å². The molecule has 0 unspecified atom stereocenters. The molecule has 1 spiro atoms. The summed E-state index contributed by atoms with van der Waals surface area (Å²) >= 11 is 0. The van der Waals surface area contributed by atoms with E-state index < -0.39 is 0 Å². The second-order valence-electron chi connectivity index (χ2n) is 8.42. The molecular formula is C22H28N4O2. The number of rotatable bonds is 3. The van der Waals surface area contributed by atoms with Crippen molar-refractivity contribution in [1.29, 1.82) is 0 Å². The first-order valence-electron chi connectivity index (χ1n) is 10.1. The molecule has 148 valence electrons. The number of piperidine rings is 2. The Kier molecular flexibility index (Phi) is 5.31. The highest BCUT2D eigenvalue weighted by Gasteiger charge is 2.42. The number of aromatic nitrogens is 2. The summed E-state index contributed by atoms with van der Waals surface area (Å²) in [6.45, 7) is 3.80. The van der Waals surface area contributed by atoms with Crippen LogP contribution in [0.25, 0.3) is 0 Å². The predicted octanol–water partition coefficient (Wildman–Crippen LogP) is 1.97. The molecule has 3 heterocycles. The summed E-state index contributed by atoms with van der Waals surface area (Å²) in [5.41, 5.74) is 1.32. The Morgan fingerprint density at radius 3 is 2.64 bits per heavy atom. The summed E-state index contributed by atoms with van der Waals surface area (Å²) in [5.74, 6) is 0.560. The molecular weight excluding hydrogens is 352 g/mol. The van der Waals surface area contributed by atoms with Gasteiger partial charge in [-0.15, -0.1) is 0 Å². The van der Waals surface area contributed by atoms with Crippen molar-refractivity contribution in [2.24, 2.45) is 5.41 Å². The van der Waals surface area contributed by atoms with Crippen LogP contribution in [-0.2, 0) is 11.3 Å². The zero-order chi connectivity index (χ0) is 19.6. The third kappa shape index (κ3) is 4.02. The fourth-order valence-corrected chi connectivity index (χ4v) is 4.96. The molecule has 1 atom stereocenters. The molecule has 28 heavy (non-hydrogen) atoms. The molecule has 6 heteroatoms. The van der Waals surface area contributed by atoms with Crippen LogP contribution in [0.2, 0.25) is 0 Å². The smallest absolute Gasteiger partial charge is 0.341 e. The van der Waals surface area contributed by atoms with E-state index in [9.17, 15) is 9.59 Å². The van der Waals surface area contributed by atoms with Crippen molar-refractivity contribution < 1.29 is 4.79 Å². The number of carbonyl (C=O) groups is 1. The maximum absolute atomic E-state index is 12.7. The van der Waals surface area contributed by atoms with E-state index in [4.69, 9.17) is 0 Å². The van der Waals surface area contributed by atoms with Crippen LogP contribution in [0.3, 0.4) is 0 Å². The highest BCUT2D eigenvalue weighted by Crippen LogP contribution is 2.44. The van der Waals surface area contributed by atoms with Crippen LogP contribution in [0.1, 0.15) is 30.7 Å². The van der Waals surface area contributed by atoms with Crippen molar-refractivity contribution in [1.82, 2.24) is 19.4 Å². The van der Waals surface area contributed by atoms with E-state index in [1.165, 1.54) is 22.7 Å². The van der Waals surface area contributed by atoms with Crippen LogP contribution in [0, 0.1) is 5.41 Å². The number of hydrogen-bond acceptors (Lipinski definition) is 4. The van der Waals surface area contributed by atoms with Gasteiger partial charge in [0, 0.05) is 38.6 Å². The molecule has 4 rings (SSSR count). The molecule has 2 aliphatic rings. The van der Waals surface area contributed by atoms with Crippen molar-refractivity contribution >= 4 is 5.91 Å². The quantitative estimate of drug-likeness (QED) is 0.817. The molecule has 1 amide bonds. The minimum absolute atomic E-state index is 0.00808. The van der Waals surface area contributed by atoms with Crippen LogP contribution >= 0.6 is 0 Å². The van der Waals surface area contributed by atoms with Crippen molar-refractivity contribution in [3.8, 4) is 0 Å². The van der Waals surface area contributed by atoms with Gasteiger partial charge in [0.2, 0.25) is 5.91 Å². The first-order chi connectivity index (χ1) is 13.5. The molecule has 2 fully saturated rings. The van der Waals surface area contributed by atoms with Gasteiger partial charge < -0.3 is 9.80 Å². The summed E-state index contributed by atoms with van der Waals surface area (Å²) in [4.78, 5) is 32.5. The van der Waals surface area contributed by atoms with Gasteiger partial charge in [-0.25, -0.2) is 9.78 Å². The minimum atomic E-state index is -0.371. The molecule has 0 radical (unpaired) electrons. The van der Waals surface area contributed by atoms with Gasteiger partial charge in [0.15, 0.2) is 0 Å². The zero-order valence-electron chi connectivity index (χ0n) is 16.5. The molecule has 0 bridgehead atoms. The molecule has 2 aliphatic heterocycles. The standard InChI is InChI=1S/C22H28N4O2/c1-24-15-19(18-6-3-2-4-7-18)14-22(17-24)8-12-25(13-9-22)20(27)16-26-11-5-10-23-21(26)28/h2-7,10-11,19H,8-9,12-17H2,1H3/t19-/m0/s1. The van der Waals surface area contributed by atoms with Crippen LogP contribution in [0.4, 0.5) is 0 Å². The van der Waals surface area contributed by atoms with Gasteiger partial charge in [0.05, 0.1) is 0 Å². The maximum atomic E-state index is 12.7. The van der Waals surface area contributed by atoms with Crippen LogP contribution in [0.15, 0.2) is 53.6 Å². The van der Waals surface area contributed by atoms with E-state index in [-0.39, 0.29) is 23.6 Å². The Balaban J connectivity index is 1.40. The van der Waals surface area contributed by atoms with Gasteiger partial charge in [0.1, 0.15) is 6.54 Å². The van der Waals surface area contributed by atoms with E-state index in [1.807, 2.05) is 4.90 Å². The average molecular weight is 380 g/mol. The van der Waals surface area contributed by atoms with Gasteiger partial charge in [-0.1, -0.05) is 30.3 Å². The molecule has 0 N–H and O–H groups in total. The zero-order valence-corrected chi connectivity index (χ0v) is 16.5. The van der Waals surface area contributed by atoms with E-state index in [0.717, 1.165) is 39.0 Å². The molecule has 1 aromatic carbocycles. The first-order valence-corrected chi connectivity index (χ1v) is 10.1. The Morgan fingerprint density at radius 1 is 1.18 bits per heavy atom. The molecule has 2 aromatic rings. The topological polar surface area (TPSA) is 58.4 Å². The number of likely N-dealkylation sites (N-methyl/N-ethyl adjacent to an activating group) is 1. The number of carbonyl (C=O) groups excluding carboxylic acids is 1. The summed E-state index contributed by atoms with van der Waals surface area (Å²) < 4.78 is 1.38. The number of hydrogen-bond donors (Lipinski definition) is 0. The molecule has 0 saturated carbocycles. The van der Waals surface area contributed by atoms with Gasteiger partial charge in [-0.05, 0) is 49.3 Å². The third-order valence-corrected chi connectivity index (χ3v) is 6.35. The van der Waals surface area contributed by atoms with Crippen molar-refractivity contribution in [2.75, 3.05) is 33.2 Å². The first kappa shape index (κ1) is 18.9. The van der Waals surface area contributed by atoms with Gasteiger partial charge in [-0.2, -0.15) is 0 Å². The number of likely N-dealkylation sites (tertiary alicyclic amines) is 2. The molecule has 6 nitrogen and oxygen atoms in total. The monoisotopic (exact) mass is 380 g/mol. The summed E-state index contributed by atoms with van der Waals surface area (Å²) in [5, 5.41) is 0. The van der Waals surface area contributed by atoms with Crippen molar-refractivity contribution in [3.05, 3.63) is 64.8 Å². The summed E-state index contributed by atoms with van der Waals surface area (Å²) in [6.07, 6.45) is 6.31. The summed E-state index contributed by atoms with van der Waals surface area (Å²) in [6, 6.07) is 12.5. The SMILES string of the molecule is CN1C[C@@H](c2ccccc2)CC2(CCN(C(=O)Cn3cccnc3=O)CC2)C1. The Morgan fingerprint density at radius 2 is 1.93 bits per heavy atom. The van der Waals surface area contributed by atoms with E-state index in [2.05, 4.69) is 47.3 Å². The van der Waals surface area contributed by atoms with Crippen LogP contribution in [0.5, 0.6) is 0 Å². The Bertz CT molecular complexity index is 871. The lowest BCUT2D eigenvalue weighted by molar-refractivity contribution is -0.135. The van der Waals surface area contributed by atoms with Gasteiger partial charge >= 0.3 is 5.69 Å². The van der Waals surface area contributed by atoms with Gasteiger partial charge in [0.25, 0.3) is 0 Å². The number of amides is 1. The van der Waals surface area contributed by atoms with E-state index in [0.29, 0.717) is 5.92 Å². The maximum Gasteiger partial charge on any atom is 0.347 e. The fraction of sp³-hybridized carbons (Fsp3) is 0.500. The molecule has 1 aromatic heterocycles. The second kappa shape index (κ2) is 7.87. The molecule has 0 aliphatic carbocycles. The molecule has 2 saturated heterocycles. The van der Waals surface area contributed by atoms with Crippen molar-refractivity contribution in [3.63, 3.8) is 0 Å².